The van der Waals surface area contributed by atoms with E-state index in [0.717, 1.165) is 0 Å². The summed E-state index contributed by atoms with van der Waals surface area (Å²) in [6.07, 6.45) is 3.31. The second-order valence-corrected chi connectivity index (χ2v) is 7.11. The van der Waals surface area contributed by atoms with Gasteiger partial charge in [0.15, 0.2) is 11.5 Å². The minimum atomic E-state index is -0.378. The molecule has 30 heavy (non-hydrogen) atoms. The van der Waals surface area contributed by atoms with Crippen LogP contribution in [0.5, 0.6) is 5.75 Å². The Morgan fingerprint density at radius 3 is 2.77 bits per heavy atom. The second kappa shape index (κ2) is 6.91. The molecule has 0 radical (unpaired) electrons. The SMILES string of the molecule is CC(C1=C(c2ccccc2F)Cc2cc(F)ccc2O1)n1cnc2c(N)ncnc21. The quantitative estimate of drug-likeness (QED) is 0.550. The summed E-state index contributed by atoms with van der Waals surface area (Å²) in [7, 11) is 0. The van der Waals surface area contributed by atoms with Crippen molar-refractivity contribution < 1.29 is 13.5 Å². The highest BCUT2D eigenvalue weighted by Crippen LogP contribution is 2.40. The molecule has 1 aliphatic rings. The molecule has 4 aromatic rings. The van der Waals surface area contributed by atoms with Crippen LogP contribution in [0.1, 0.15) is 24.1 Å². The van der Waals surface area contributed by atoms with E-state index in [9.17, 15) is 8.78 Å². The fraction of sp³-hybridized carbons (Fsp3) is 0.136. The fourth-order valence-electron chi connectivity index (χ4n) is 3.79. The van der Waals surface area contributed by atoms with E-state index in [1.54, 1.807) is 35.2 Å². The lowest BCUT2D eigenvalue weighted by molar-refractivity contribution is 0.348. The lowest BCUT2D eigenvalue weighted by Gasteiger charge is -2.28. The molecule has 3 heterocycles. The lowest BCUT2D eigenvalue weighted by Crippen LogP contribution is -2.19. The van der Waals surface area contributed by atoms with Gasteiger partial charge in [0.2, 0.25) is 0 Å². The predicted molar refractivity (Wildman–Crippen MR) is 108 cm³/mol. The number of fused-ring (bicyclic) bond motifs is 2. The molecular weight excluding hydrogens is 388 g/mol. The number of rotatable bonds is 3. The summed E-state index contributed by atoms with van der Waals surface area (Å²) in [5, 5.41) is 0. The average molecular weight is 405 g/mol. The monoisotopic (exact) mass is 405 g/mol. The molecule has 0 aliphatic carbocycles. The number of nitrogens with two attached hydrogens (primary N) is 1. The van der Waals surface area contributed by atoms with Gasteiger partial charge in [-0.3, -0.25) is 0 Å². The largest absolute Gasteiger partial charge is 0.459 e. The summed E-state index contributed by atoms with van der Waals surface area (Å²) in [6, 6.07) is 10.4. The van der Waals surface area contributed by atoms with Gasteiger partial charge in [0.25, 0.3) is 0 Å². The van der Waals surface area contributed by atoms with Gasteiger partial charge in [0, 0.05) is 23.1 Å². The number of halogens is 2. The van der Waals surface area contributed by atoms with Gasteiger partial charge in [-0.05, 0) is 31.2 Å². The number of benzene rings is 2. The summed E-state index contributed by atoms with van der Waals surface area (Å²) in [5.74, 6) is 0.615. The highest BCUT2D eigenvalue weighted by Gasteiger charge is 2.28. The fourth-order valence-corrected chi connectivity index (χ4v) is 3.79. The molecule has 8 heteroatoms. The van der Waals surface area contributed by atoms with Crippen LogP contribution in [-0.2, 0) is 6.42 Å². The van der Waals surface area contributed by atoms with Gasteiger partial charge in [-0.15, -0.1) is 0 Å². The number of hydrogen-bond acceptors (Lipinski definition) is 5. The molecule has 5 rings (SSSR count). The molecule has 2 aromatic carbocycles. The zero-order chi connectivity index (χ0) is 20.8. The first-order chi connectivity index (χ1) is 14.5. The van der Waals surface area contributed by atoms with E-state index in [1.807, 2.05) is 6.92 Å². The van der Waals surface area contributed by atoms with Crippen molar-refractivity contribution in [3.63, 3.8) is 0 Å². The van der Waals surface area contributed by atoms with Crippen molar-refractivity contribution in [3.05, 3.63) is 83.6 Å². The summed E-state index contributed by atoms with van der Waals surface area (Å²) < 4.78 is 36.5. The first-order valence-electron chi connectivity index (χ1n) is 9.40. The number of nitrogens with zero attached hydrogens (tertiary/aromatic N) is 4. The molecular formula is C22H17F2N5O. The minimum Gasteiger partial charge on any atom is -0.459 e. The van der Waals surface area contributed by atoms with Gasteiger partial charge >= 0.3 is 0 Å². The van der Waals surface area contributed by atoms with E-state index in [4.69, 9.17) is 10.5 Å². The molecule has 1 unspecified atom stereocenters. The number of ether oxygens (including phenoxy) is 1. The van der Waals surface area contributed by atoms with Gasteiger partial charge in [-0.1, -0.05) is 18.2 Å². The first-order valence-corrected chi connectivity index (χ1v) is 9.40. The van der Waals surface area contributed by atoms with Gasteiger partial charge in [-0.25, -0.2) is 23.7 Å². The summed E-state index contributed by atoms with van der Waals surface area (Å²) >= 11 is 0. The third-order valence-corrected chi connectivity index (χ3v) is 5.29. The number of allylic oxidation sites excluding steroid dienone is 2. The molecule has 0 amide bonds. The Bertz CT molecular complexity index is 1310. The highest BCUT2D eigenvalue weighted by atomic mass is 19.1. The summed E-state index contributed by atoms with van der Waals surface area (Å²) in [4.78, 5) is 12.6. The zero-order valence-corrected chi connectivity index (χ0v) is 16.0. The van der Waals surface area contributed by atoms with Crippen LogP contribution >= 0.6 is 0 Å². The zero-order valence-electron chi connectivity index (χ0n) is 16.0. The Morgan fingerprint density at radius 2 is 1.93 bits per heavy atom. The third kappa shape index (κ3) is 2.88. The molecule has 0 fully saturated rings. The van der Waals surface area contributed by atoms with Crippen molar-refractivity contribution in [1.82, 2.24) is 19.5 Å². The maximum atomic E-state index is 14.7. The summed E-state index contributed by atoms with van der Waals surface area (Å²) in [5.41, 5.74) is 8.65. The number of nitrogen functional groups attached to an aromatic ring is 1. The second-order valence-electron chi connectivity index (χ2n) is 7.11. The number of anilines is 1. The molecule has 1 aliphatic heterocycles. The highest BCUT2D eigenvalue weighted by molar-refractivity contribution is 5.81. The number of imidazole rings is 1. The van der Waals surface area contributed by atoms with Crippen LogP contribution in [-0.4, -0.2) is 19.5 Å². The van der Waals surface area contributed by atoms with Crippen LogP contribution < -0.4 is 10.5 Å². The van der Waals surface area contributed by atoms with E-state index >= 15 is 0 Å². The topological polar surface area (TPSA) is 78.9 Å². The van der Waals surface area contributed by atoms with Gasteiger partial charge < -0.3 is 15.0 Å². The summed E-state index contributed by atoms with van der Waals surface area (Å²) in [6.45, 7) is 1.91. The van der Waals surface area contributed by atoms with Crippen molar-refractivity contribution in [1.29, 1.82) is 0 Å². The normalized spacial score (nSPS) is 14.5. The van der Waals surface area contributed by atoms with Crippen LogP contribution in [0.15, 0.2) is 60.9 Å². The smallest absolute Gasteiger partial charge is 0.166 e. The standard InChI is InChI=1S/C22H17F2N5O/c1-12(29-11-28-19-21(25)26-10-27-22(19)29)20-16(15-4-2-3-5-17(15)24)9-13-8-14(23)6-7-18(13)30-20/h2-8,10-12H,9H2,1H3,(H2,25,26,27). The maximum Gasteiger partial charge on any atom is 0.166 e. The Balaban J connectivity index is 1.69. The first kappa shape index (κ1) is 18.2. The minimum absolute atomic E-state index is 0.277. The third-order valence-electron chi connectivity index (χ3n) is 5.29. The maximum absolute atomic E-state index is 14.7. The molecule has 0 saturated heterocycles. The van der Waals surface area contributed by atoms with E-state index < -0.39 is 0 Å². The molecule has 2 N–H and O–H groups in total. The molecule has 1 atom stereocenters. The van der Waals surface area contributed by atoms with Gasteiger partial charge in [-0.2, -0.15) is 0 Å². The van der Waals surface area contributed by atoms with Crippen LogP contribution in [0.2, 0.25) is 0 Å². The average Bonchev–Trinajstić information content (AvgIpc) is 3.18. The van der Waals surface area contributed by atoms with E-state index in [0.29, 0.717) is 45.8 Å². The van der Waals surface area contributed by atoms with Crippen LogP contribution in [0.3, 0.4) is 0 Å². The Hall–Kier alpha value is -3.81. The van der Waals surface area contributed by atoms with Crippen LogP contribution in [0, 0.1) is 11.6 Å². The van der Waals surface area contributed by atoms with Gasteiger partial charge in [0.05, 0.1) is 12.4 Å². The Morgan fingerprint density at radius 1 is 1.10 bits per heavy atom. The molecule has 2 aromatic heterocycles. The molecule has 0 spiro atoms. The van der Waals surface area contributed by atoms with Crippen molar-refractivity contribution in [2.45, 2.75) is 19.4 Å². The lowest BCUT2D eigenvalue weighted by atomic mass is 9.92. The van der Waals surface area contributed by atoms with Crippen molar-refractivity contribution in [2.24, 2.45) is 0 Å². The van der Waals surface area contributed by atoms with Crippen molar-refractivity contribution >= 4 is 22.6 Å². The van der Waals surface area contributed by atoms with Gasteiger partial charge in [0.1, 0.15) is 35.0 Å². The number of hydrogen-bond donors (Lipinski definition) is 1. The van der Waals surface area contributed by atoms with E-state index in [-0.39, 0.29) is 23.5 Å². The number of aromatic nitrogens is 4. The van der Waals surface area contributed by atoms with E-state index in [1.165, 1.54) is 24.5 Å². The van der Waals surface area contributed by atoms with Crippen LogP contribution in [0.25, 0.3) is 16.7 Å². The van der Waals surface area contributed by atoms with Crippen LogP contribution in [0.4, 0.5) is 14.6 Å². The molecule has 0 bridgehead atoms. The molecule has 6 nitrogen and oxygen atoms in total. The van der Waals surface area contributed by atoms with Crippen molar-refractivity contribution in [2.75, 3.05) is 5.73 Å². The Labute approximate surface area is 170 Å². The molecule has 0 saturated carbocycles. The predicted octanol–water partition coefficient (Wildman–Crippen LogP) is 4.29. The Kier molecular flexibility index (Phi) is 4.20. The van der Waals surface area contributed by atoms with Crippen molar-refractivity contribution in [3.8, 4) is 5.75 Å². The molecule has 150 valence electrons. The van der Waals surface area contributed by atoms with E-state index in [2.05, 4.69) is 15.0 Å².